The molecule has 0 aliphatic heterocycles. The van der Waals surface area contributed by atoms with Crippen molar-refractivity contribution in [1.82, 2.24) is 10.2 Å². The smallest absolute Gasteiger partial charge is 0.263 e. The summed E-state index contributed by atoms with van der Waals surface area (Å²) in [5.41, 5.74) is 0.848. The molecule has 1 heterocycles. The molecule has 0 unspecified atom stereocenters. The number of hydrogen-bond donors (Lipinski definition) is 2. The average molecular weight is 330 g/mol. The zero-order valence-corrected chi connectivity index (χ0v) is 13.4. The van der Waals surface area contributed by atoms with Crippen molar-refractivity contribution >= 4 is 27.4 Å². The lowest BCUT2D eigenvalue weighted by molar-refractivity contribution is 0.414. The van der Waals surface area contributed by atoms with E-state index in [-0.39, 0.29) is 21.7 Å². The average Bonchev–Trinajstić information content (AvgIpc) is 2.86. The lowest BCUT2D eigenvalue weighted by atomic mass is 10.1. The summed E-state index contributed by atoms with van der Waals surface area (Å²) in [6.07, 6.45) is 0. The fourth-order valence-electron chi connectivity index (χ4n) is 1.70. The number of hydrogen-bond acceptors (Lipinski definition) is 4. The Hall–Kier alpha value is -1.73. The lowest BCUT2D eigenvalue weighted by Crippen LogP contribution is -2.13. The van der Waals surface area contributed by atoms with E-state index in [0.29, 0.717) is 5.75 Å². The highest BCUT2D eigenvalue weighted by Gasteiger charge is 2.18. The zero-order chi connectivity index (χ0) is 15.6. The van der Waals surface area contributed by atoms with Crippen molar-refractivity contribution in [3.8, 4) is 5.75 Å². The number of aromatic nitrogens is 2. The first-order valence-electron chi connectivity index (χ1n) is 6.25. The molecule has 2 aromatic rings. The maximum Gasteiger partial charge on any atom is 0.263 e. The van der Waals surface area contributed by atoms with Crippen LogP contribution < -0.4 is 9.46 Å². The van der Waals surface area contributed by atoms with Gasteiger partial charge in [-0.3, -0.25) is 9.82 Å². The summed E-state index contributed by atoms with van der Waals surface area (Å²) in [6, 6.07) is 5.91. The van der Waals surface area contributed by atoms with Crippen molar-refractivity contribution in [2.75, 3.05) is 11.8 Å². The second kappa shape index (κ2) is 5.95. The third kappa shape index (κ3) is 3.48. The van der Waals surface area contributed by atoms with Crippen LogP contribution in [0, 0.1) is 0 Å². The molecule has 1 aromatic heterocycles. The van der Waals surface area contributed by atoms with Gasteiger partial charge in [0.2, 0.25) is 0 Å². The van der Waals surface area contributed by atoms with Crippen molar-refractivity contribution in [3.05, 3.63) is 35.0 Å². The van der Waals surface area contributed by atoms with Gasteiger partial charge in [-0.1, -0.05) is 25.4 Å². The number of ether oxygens (including phenoxy) is 1. The maximum absolute atomic E-state index is 12.3. The third-order valence-electron chi connectivity index (χ3n) is 2.89. The zero-order valence-electron chi connectivity index (χ0n) is 11.8. The minimum Gasteiger partial charge on any atom is -0.495 e. The predicted octanol–water partition coefficient (Wildman–Crippen LogP) is 3.00. The van der Waals surface area contributed by atoms with E-state index in [1.54, 1.807) is 6.07 Å². The lowest BCUT2D eigenvalue weighted by Gasteiger charge is -2.08. The summed E-state index contributed by atoms with van der Waals surface area (Å²) in [4.78, 5) is 0.0439. The van der Waals surface area contributed by atoms with Crippen molar-refractivity contribution < 1.29 is 13.2 Å². The summed E-state index contributed by atoms with van der Waals surface area (Å²) in [7, 11) is -2.28. The molecule has 6 nitrogen and oxygen atoms in total. The van der Waals surface area contributed by atoms with E-state index in [4.69, 9.17) is 16.3 Å². The van der Waals surface area contributed by atoms with Crippen LogP contribution in [0.3, 0.4) is 0 Å². The number of rotatable bonds is 5. The maximum atomic E-state index is 12.3. The summed E-state index contributed by atoms with van der Waals surface area (Å²) >= 11 is 5.95. The summed E-state index contributed by atoms with van der Waals surface area (Å²) in [6.45, 7) is 3.96. The van der Waals surface area contributed by atoms with Gasteiger partial charge in [0.1, 0.15) is 5.75 Å². The Labute approximate surface area is 128 Å². The van der Waals surface area contributed by atoms with Crippen molar-refractivity contribution in [2.45, 2.75) is 24.7 Å². The number of sulfonamides is 1. The molecule has 2 rings (SSSR count). The van der Waals surface area contributed by atoms with E-state index in [1.807, 2.05) is 13.8 Å². The Morgan fingerprint density at radius 3 is 2.57 bits per heavy atom. The number of anilines is 1. The molecular weight excluding hydrogens is 314 g/mol. The van der Waals surface area contributed by atoms with Gasteiger partial charge >= 0.3 is 0 Å². The molecule has 0 aliphatic carbocycles. The number of H-pyrrole nitrogens is 1. The van der Waals surface area contributed by atoms with E-state index in [1.165, 1.54) is 25.3 Å². The molecule has 0 amide bonds. The first kappa shape index (κ1) is 15.7. The third-order valence-corrected chi connectivity index (χ3v) is 4.54. The second-order valence-electron chi connectivity index (χ2n) is 4.77. The van der Waals surface area contributed by atoms with Crippen LogP contribution in [-0.4, -0.2) is 25.7 Å². The summed E-state index contributed by atoms with van der Waals surface area (Å²) < 4.78 is 31.9. The molecule has 1 aromatic carbocycles. The normalized spacial score (nSPS) is 11.7. The number of nitrogens with one attached hydrogen (secondary N) is 2. The van der Waals surface area contributed by atoms with Gasteiger partial charge in [-0.15, -0.1) is 0 Å². The van der Waals surface area contributed by atoms with Crippen LogP contribution in [0.5, 0.6) is 5.75 Å². The standard InChI is InChI=1S/C13H16ClN3O3S/c1-8(2)11-7-13(16-15-11)17-21(18,19)9-4-5-12(20-3)10(14)6-9/h4-8H,1-3H3,(H2,15,16,17). The number of methoxy groups -OCH3 is 1. The van der Waals surface area contributed by atoms with Crippen molar-refractivity contribution in [2.24, 2.45) is 0 Å². The number of halogens is 1. The van der Waals surface area contributed by atoms with E-state index in [9.17, 15) is 8.42 Å². The Kier molecular flexibility index (Phi) is 4.43. The molecule has 114 valence electrons. The highest BCUT2D eigenvalue weighted by atomic mass is 35.5. The first-order valence-corrected chi connectivity index (χ1v) is 8.11. The quantitative estimate of drug-likeness (QED) is 0.883. The van der Waals surface area contributed by atoms with Crippen molar-refractivity contribution in [1.29, 1.82) is 0 Å². The van der Waals surface area contributed by atoms with Crippen molar-refractivity contribution in [3.63, 3.8) is 0 Å². The molecule has 8 heteroatoms. The van der Waals surface area contributed by atoms with E-state index in [2.05, 4.69) is 14.9 Å². The predicted molar refractivity (Wildman–Crippen MR) is 81.5 cm³/mol. The molecule has 0 saturated carbocycles. The van der Waals surface area contributed by atoms with Gasteiger partial charge in [-0.05, 0) is 24.1 Å². The Morgan fingerprint density at radius 1 is 1.33 bits per heavy atom. The van der Waals surface area contributed by atoms with Crippen LogP contribution in [0.4, 0.5) is 5.82 Å². The summed E-state index contributed by atoms with van der Waals surface area (Å²) in [5.74, 6) is 0.884. The number of aromatic amines is 1. The molecular formula is C13H16ClN3O3S. The molecule has 0 radical (unpaired) electrons. The van der Waals surface area contributed by atoms with Gasteiger partial charge < -0.3 is 4.74 Å². The minimum absolute atomic E-state index is 0.0439. The number of nitrogens with zero attached hydrogens (tertiary/aromatic N) is 1. The van der Waals surface area contributed by atoms with E-state index >= 15 is 0 Å². The highest BCUT2D eigenvalue weighted by Crippen LogP contribution is 2.27. The summed E-state index contributed by atoms with van der Waals surface area (Å²) in [5, 5.41) is 6.94. The fraction of sp³-hybridized carbons (Fsp3) is 0.308. The molecule has 0 fully saturated rings. The Bertz CT molecular complexity index is 741. The topological polar surface area (TPSA) is 84.1 Å². The minimum atomic E-state index is -3.75. The van der Waals surface area contributed by atoms with E-state index in [0.717, 1.165) is 5.69 Å². The molecule has 21 heavy (non-hydrogen) atoms. The van der Waals surface area contributed by atoms with Crippen LogP contribution in [-0.2, 0) is 10.0 Å². The van der Waals surface area contributed by atoms with Crippen LogP contribution in [0.25, 0.3) is 0 Å². The Balaban J connectivity index is 2.27. The van der Waals surface area contributed by atoms with Crippen LogP contribution in [0.1, 0.15) is 25.5 Å². The monoisotopic (exact) mass is 329 g/mol. The van der Waals surface area contributed by atoms with E-state index < -0.39 is 10.0 Å². The van der Waals surface area contributed by atoms with Crippen LogP contribution in [0.15, 0.2) is 29.2 Å². The molecule has 0 spiro atoms. The van der Waals surface area contributed by atoms with Gasteiger partial charge in [0.25, 0.3) is 10.0 Å². The molecule has 0 aliphatic rings. The number of benzene rings is 1. The highest BCUT2D eigenvalue weighted by molar-refractivity contribution is 7.92. The molecule has 0 saturated heterocycles. The van der Waals surface area contributed by atoms with Gasteiger partial charge in [0, 0.05) is 11.8 Å². The SMILES string of the molecule is COc1ccc(S(=O)(=O)Nc2cc(C(C)C)[nH]n2)cc1Cl. The molecule has 0 bridgehead atoms. The second-order valence-corrected chi connectivity index (χ2v) is 6.85. The molecule has 0 atom stereocenters. The van der Waals surface area contributed by atoms with Gasteiger partial charge in [-0.2, -0.15) is 5.10 Å². The largest absolute Gasteiger partial charge is 0.495 e. The first-order chi connectivity index (χ1) is 9.83. The fourth-order valence-corrected chi connectivity index (χ4v) is 3.04. The van der Waals surface area contributed by atoms with Gasteiger partial charge in [-0.25, -0.2) is 8.42 Å². The Morgan fingerprint density at radius 2 is 2.05 bits per heavy atom. The van der Waals surface area contributed by atoms with Crippen LogP contribution >= 0.6 is 11.6 Å². The van der Waals surface area contributed by atoms with Gasteiger partial charge in [0.05, 0.1) is 17.0 Å². The van der Waals surface area contributed by atoms with Gasteiger partial charge in [0.15, 0.2) is 5.82 Å². The molecule has 2 N–H and O–H groups in total. The van der Waals surface area contributed by atoms with Crippen LogP contribution in [0.2, 0.25) is 5.02 Å².